The number of methoxy groups -OCH3 is 2. The molecule has 1 N–H and O–H groups in total. The normalized spacial score (nSPS) is 14.9. The van der Waals surface area contributed by atoms with Gasteiger partial charge in [0.1, 0.15) is 0 Å². The molecule has 0 amide bonds. The Hall–Kier alpha value is 0.160. The van der Waals surface area contributed by atoms with E-state index >= 15 is 0 Å². The smallest absolute Gasteiger partial charge is 0.0991 e. The SMILES string of the molecule is COCC(CNC(C)c1cc(Cl)sc1Cl)OC. The van der Waals surface area contributed by atoms with Crippen molar-refractivity contribution in [1.82, 2.24) is 5.32 Å². The topological polar surface area (TPSA) is 30.5 Å². The number of thiophene rings is 1. The highest BCUT2D eigenvalue weighted by Crippen LogP contribution is 2.34. The van der Waals surface area contributed by atoms with E-state index in [-0.39, 0.29) is 12.1 Å². The van der Waals surface area contributed by atoms with Crippen LogP contribution in [0.2, 0.25) is 8.67 Å². The van der Waals surface area contributed by atoms with Crippen LogP contribution in [0.1, 0.15) is 18.5 Å². The minimum atomic E-state index is 0.0373. The van der Waals surface area contributed by atoms with Gasteiger partial charge in [-0.3, -0.25) is 0 Å². The van der Waals surface area contributed by atoms with Crippen LogP contribution >= 0.6 is 34.5 Å². The van der Waals surface area contributed by atoms with Gasteiger partial charge in [0, 0.05) is 26.8 Å². The molecule has 0 saturated heterocycles. The van der Waals surface area contributed by atoms with Crippen molar-refractivity contribution >= 4 is 34.5 Å². The Balaban J connectivity index is 2.49. The average Bonchev–Trinajstić information content (AvgIpc) is 2.63. The van der Waals surface area contributed by atoms with Gasteiger partial charge in [-0.25, -0.2) is 0 Å². The number of hydrogen-bond donors (Lipinski definition) is 1. The average molecular weight is 298 g/mol. The molecule has 0 aliphatic carbocycles. The summed E-state index contributed by atoms with van der Waals surface area (Å²) in [5, 5.41) is 3.35. The summed E-state index contributed by atoms with van der Waals surface area (Å²) in [5.74, 6) is 0. The van der Waals surface area contributed by atoms with Crippen LogP contribution in [0.5, 0.6) is 0 Å². The Kier molecular flexibility index (Phi) is 6.77. The van der Waals surface area contributed by atoms with Gasteiger partial charge in [0.15, 0.2) is 0 Å². The first-order valence-electron chi connectivity index (χ1n) is 5.28. The van der Waals surface area contributed by atoms with Crippen LogP contribution in [0.15, 0.2) is 6.07 Å². The zero-order valence-corrected chi connectivity index (χ0v) is 12.5. The maximum atomic E-state index is 6.09. The molecule has 0 radical (unpaired) electrons. The zero-order chi connectivity index (χ0) is 12.8. The number of ether oxygens (including phenoxy) is 2. The van der Waals surface area contributed by atoms with E-state index in [0.717, 1.165) is 9.90 Å². The molecule has 6 heteroatoms. The second-order valence-electron chi connectivity index (χ2n) is 3.72. The Morgan fingerprint density at radius 3 is 2.59 bits per heavy atom. The lowest BCUT2D eigenvalue weighted by molar-refractivity contribution is 0.0276. The van der Waals surface area contributed by atoms with Crippen molar-refractivity contribution in [2.75, 3.05) is 27.4 Å². The molecule has 0 aliphatic heterocycles. The van der Waals surface area contributed by atoms with Crippen LogP contribution in [-0.4, -0.2) is 33.5 Å². The van der Waals surface area contributed by atoms with E-state index in [1.807, 2.05) is 13.0 Å². The van der Waals surface area contributed by atoms with Crippen LogP contribution in [0.4, 0.5) is 0 Å². The molecule has 1 aromatic heterocycles. The van der Waals surface area contributed by atoms with Gasteiger partial charge < -0.3 is 14.8 Å². The maximum Gasteiger partial charge on any atom is 0.0991 e. The summed E-state index contributed by atoms with van der Waals surface area (Å²) in [6, 6.07) is 2.03. The monoisotopic (exact) mass is 297 g/mol. The standard InChI is InChI=1S/C11H17Cl2NO2S/c1-7(9-4-10(12)17-11(9)13)14-5-8(16-3)6-15-2/h4,7-8,14H,5-6H2,1-3H3. The number of rotatable bonds is 7. The van der Waals surface area contributed by atoms with Gasteiger partial charge in [0.05, 0.1) is 21.4 Å². The van der Waals surface area contributed by atoms with Gasteiger partial charge in [-0.15, -0.1) is 11.3 Å². The van der Waals surface area contributed by atoms with Crippen molar-refractivity contribution in [2.45, 2.75) is 19.1 Å². The summed E-state index contributed by atoms with van der Waals surface area (Å²) >= 11 is 13.4. The molecule has 0 bridgehead atoms. The molecule has 2 atom stereocenters. The van der Waals surface area contributed by atoms with Crippen LogP contribution < -0.4 is 5.32 Å². The van der Waals surface area contributed by atoms with Crippen LogP contribution in [-0.2, 0) is 9.47 Å². The van der Waals surface area contributed by atoms with E-state index in [1.165, 1.54) is 11.3 Å². The van der Waals surface area contributed by atoms with Crippen molar-refractivity contribution < 1.29 is 9.47 Å². The lowest BCUT2D eigenvalue weighted by atomic mass is 10.2. The summed E-state index contributed by atoms with van der Waals surface area (Å²) in [7, 11) is 3.33. The summed E-state index contributed by atoms with van der Waals surface area (Å²) < 4.78 is 11.8. The third-order valence-corrected chi connectivity index (χ3v) is 4.01. The van der Waals surface area contributed by atoms with Crippen molar-refractivity contribution in [3.05, 3.63) is 20.3 Å². The van der Waals surface area contributed by atoms with Crippen LogP contribution in [0.3, 0.4) is 0 Å². The Bertz CT molecular complexity index is 346. The van der Waals surface area contributed by atoms with Gasteiger partial charge >= 0.3 is 0 Å². The molecule has 1 heterocycles. The van der Waals surface area contributed by atoms with E-state index in [9.17, 15) is 0 Å². The third kappa shape index (κ3) is 4.73. The Morgan fingerprint density at radius 1 is 1.41 bits per heavy atom. The quantitative estimate of drug-likeness (QED) is 0.837. The molecule has 0 spiro atoms. The number of hydrogen-bond acceptors (Lipinski definition) is 4. The molecule has 17 heavy (non-hydrogen) atoms. The molecule has 0 aliphatic rings. The molecule has 2 unspecified atom stereocenters. The first-order chi connectivity index (χ1) is 8.08. The molecule has 0 saturated carbocycles. The van der Waals surface area contributed by atoms with Crippen molar-refractivity contribution in [3.63, 3.8) is 0 Å². The highest BCUT2D eigenvalue weighted by atomic mass is 35.5. The predicted octanol–water partition coefficient (Wildman–Crippen LogP) is 3.37. The molecule has 98 valence electrons. The second kappa shape index (κ2) is 7.56. The van der Waals surface area contributed by atoms with E-state index < -0.39 is 0 Å². The van der Waals surface area contributed by atoms with Gasteiger partial charge in [-0.2, -0.15) is 0 Å². The molecule has 0 fully saturated rings. The molecular weight excluding hydrogens is 281 g/mol. The van der Waals surface area contributed by atoms with Crippen molar-refractivity contribution in [3.8, 4) is 0 Å². The van der Waals surface area contributed by atoms with Crippen molar-refractivity contribution in [1.29, 1.82) is 0 Å². The molecular formula is C11H17Cl2NO2S. The molecule has 1 rings (SSSR count). The second-order valence-corrected chi connectivity index (χ2v) is 6.01. The summed E-state index contributed by atoms with van der Waals surface area (Å²) in [4.78, 5) is 0. The minimum Gasteiger partial charge on any atom is -0.382 e. The Labute approximate surface area is 116 Å². The predicted molar refractivity (Wildman–Crippen MR) is 73.4 cm³/mol. The van der Waals surface area contributed by atoms with Gasteiger partial charge in [-0.05, 0) is 18.6 Å². The third-order valence-electron chi connectivity index (χ3n) is 2.49. The summed E-state index contributed by atoms with van der Waals surface area (Å²) in [6.07, 6.45) is 0.0373. The summed E-state index contributed by atoms with van der Waals surface area (Å²) in [6.45, 7) is 3.31. The Morgan fingerprint density at radius 2 is 2.12 bits per heavy atom. The van der Waals surface area contributed by atoms with Crippen LogP contribution in [0, 0.1) is 0 Å². The number of nitrogens with one attached hydrogen (secondary N) is 1. The van der Waals surface area contributed by atoms with E-state index in [1.54, 1.807) is 14.2 Å². The highest BCUT2D eigenvalue weighted by molar-refractivity contribution is 7.20. The van der Waals surface area contributed by atoms with Gasteiger partial charge in [0.2, 0.25) is 0 Å². The van der Waals surface area contributed by atoms with Crippen LogP contribution in [0.25, 0.3) is 0 Å². The zero-order valence-electron chi connectivity index (χ0n) is 10.1. The molecule has 3 nitrogen and oxygen atoms in total. The fourth-order valence-electron chi connectivity index (χ4n) is 1.46. The minimum absolute atomic E-state index is 0.0373. The first kappa shape index (κ1) is 15.2. The largest absolute Gasteiger partial charge is 0.382 e. The van der Waals surface area contributed by atoms with E-state index in [4.69, 9.17) is 32.7 Å². The molecule has 0 aromatic carbocycles. The number of halogens is 2. The maximum absolute atomic E-state index is 6.09. The molecule has 1 aromatic rings. The highest BCUT2D eigenvalue weighted by Gasteiger charge is 2.15. The fraction of sp³-hybridized carbons (Fsp3) is 0.636. The lowest BCUT2D eigenvalue weighted by Crippen LogP contribution is -2.33. The first-order valence-corrected chi connectivity index (χ1v) is 6.85. The summed E-state index contributed by atoms with van der Waals surface area (Å²) in [5.41, 5.74) is 1.02. The lowest BCUT2D eigenvalue weighted by Gasteiger charge is -2.19. The van der Waals surface area contributed by atoms with E-state index in [0.29, 0.717) is 17.5 Å². The van der Waals surface area contributed by atoms with Crippen molar-refractivity contribution in [2.24, 2.45) is 0 Å². The van der Waals surface area contributed by atoms with E-state index in [2.05, 4.69) is 5.32 Å². The van der Waals surface area contributed by atoms with Gasteiger partial charge in [-0.1, -0.05) is 23.2 Å². The fourth-order valence-corrected chi connectivity index (χ4v) is 3.11. The van der Waals surface area contributed by atoms with Gasteiger partial charge in [0.25, 0.3) is 0 Å².